The van der Waals surface area contributed by atoms with E-state index in [-0.39, 0.29) is 22.2 Å². The Morgan fingerprint density at radius 3 is 2.19 bits per heavy atom. The van der Waals surface area contributed by atoms with Gasteiger partial charge in [0.05, 0.1) is 16.2 Å². The van der Waals surface area contributed by atoms with Crippen LogP contribution in [0, 0.1) is 0 Å². The molecule has 0 spiro atoms. The second-order valence-corrected chi connectivity index (χ2v) is 7.80. The Hall–Kier alpha value is -3.13. The van der Waals surface area contributed by atoms with Gasteiger partial charge in [0.15, 0.2) is 9.84 Å². The third kappa shape index (κ3) is 5.42. The van der Waals surface area contributed by atoms with Crippen LogP contribution in [-0.2, 0) is 9.84 Å². The average molecular weight is 387 g/mol. The van der Waals surface area contributed by atoms with Gasteiger partial charge in [0, 0.05) is 17.9 Å². The fraction of sp³-hybridized carbons (Fsp3) is 0.158. The highest BCUT2D eigenvalue weighted by Gasteiger charge is 2.20. The highest BCUT2D eigenvalue weighted by Crippen LogP contribution is 2.20. The number of hydrogen-bond acceptors (Lipinski definition) is 4. The molecule has 0 saturated carbocycles. The van der Waals surface area contributed by atoms with E-state index in [0.29, 0.717) is 17.9 Å². The van der Waals surface area contributed by atoms with Crippen molar-refractivity contribution in [3.8, 4) is 0 Å². The molecule has 0 aromatic heterocycles. The summed E-state index contributed by atoms with van der Waals surface area (Å²) in [6.07, 6.45) is 1.56. The Morgan fingerprint density at radius 2 is 1.59 bits per heavy atom. The van der Waals surface area contributed by atoms with Crippen molar-refractivity contribution >= 4 is 33.2 Å². The molecule has 2 aromatic carbocycles. The molecule has 2 aromatic rings. The number of carbonyl (C=O) groups excluding carboxylic acids is 2. The van der Waals surface area contributed by atoms with Crippen molar-refractivity contribution < 1.29 is 18.0 Å². The van der Waals surface area contributed by atoms with E-state index in [1.165, 1.54) is 19.1 Å². The highest BCUT2D eigenvalue weighted by molar-refractivity contribution is 7.91. The number of amides is 3. The summed E-state index contributed by atoms with van der Waals surface area (Å²) in [6.45, 7) is 5.39. The van der Waals surface area contributed by atoms with Crippen molar-refractivity contribution in [2.75, 3.05) is 22.9 Å². The second kappa shape index (κ2) is 9.00. The molecule has 0 aliphatic carbocycles. The van der Waals surface area contributed by atoms with E-state index >= 15 is 0 Å². The molecule has 3 N–H and O–H groups in total. The maximum atomic E-state index is 12.5. The summed E-state index contributed by atoms with van der Waals surface area (Å²) in [5, 5.41) is 7.88. The van der Waals surface area contributed by atoms with Gasteiger partial charge in [0.2, 0.25) is 0 Å². The molecule has 0 heterocycles. The zero-order chi connectivity index (χ0) is 19.9. The Labute approximate surface area is 158 Å². The summed E-state index contributed by atoms with van der Waals surface area (Å²) in [4.78, 5) is 24.1. The van der Waals surface area contributed by atoms with Crippen LogP contribution in [0.3, 0.4) is 0 Å². The van der Waals surface area contributed by atoms with Crippen molar-refractivity contribution in [1.29, 1.82) is 0 Å². The van der Waals surface area contributed by atoms with Gasteiger partial charge in [-0.05, 0) is 36.4 Å². The van der Waals surface area contributed by atoms with Crippen LogP contribution in [0.5, 0.6) is 0 Å². The summed E-state index contributed by atoms with van der Waals surface area (Å²) >= 11 is 0. The molecule has 8 heteroatoms. The molecule has 0 unspecified atom stereocenters. The molecule has 0 aliphatic heterocycles. The zero-order valence-electron chi connectivity index (χ0n) is 14.9. The van der Waals surface area contributed by atoms with Gasteiger partial charge in [0.1, 0.15) is 0 Å². The normalized spacial score (nSPS) is 10.7. The largest absolute Gasteiger partial charge is 0.334 e. The van der Waals surface area contributed by atoms with Crippen LogP contribution in [-0.4, -0.2) is 32.7 Å². The molecule has 0 radical (unpaired) electrons. The van der Waals surface area contributed by atoms with E-state index < -0.39 is 15.7 Å². The molecule has 7 nitrogen and oxygen atoms in total. The van der Waals surface area contributed by atoms with Gasteiger partial charge >= 0.3 is 6.03 Å². The molecule has 0 saturated heterocycles. The van der Waals surface area contributed by atoms with E-state index in [1.54, 1.807) is 42.5 Å². The number of hydrogen-bond donors (Lipinski definition) is 3. The lowest BCUT2D eigenvalue weighted by molar-refractivity contribution is 0.102. The third-order valence-corrected chi connectivity index (χ3v) is 5.44. The van der Waals surface area contributed by atoms with Crippen LogP contribution in [0.15, 0.2) is 66.1 Å². The maximum absolute atomic E-state index is 12.5. The molecule has 27 heavy (non-hydrogen) atoms. The minimum Gasteiger partial charge on any atom is -0.334 e. The topological polar surface area (TPSA) is 104 Å². The molecular formula is C19H21N3O4S. The number of benzene rings is 2. The predicted octanol–water partition coefficient (Wildman–Crippen LogP) is 3.04. The molecule has 2 rings (SSSR count). The van der Waals surface area contributed by atoms with Gasteiger partial charge in [-0.2, -0.15) is 0 Å². The van der Waals surface area contributed by atoms with Crippen molar-refractivity contribution in [2.24, 2.45) is 0 Å². The number of nitrogens with one attached hydrogen (secondary N) is 3. The summed E-state index contributed by atoms with van der Waals surface area (Å²) in [5.74, 6) is -0.613. The summed E-state index contributed by atoms with van der Waals surface area (Å²) < 4.78 is 24.3. The molecule has 0 atom stereocenters. The van der Waals surface area contributed by atoms with Crippen LogP contribution in [0.2, 0.25) is 0 Å². The van der Waals surface area contributed by atoms with Crippen LogP contribution < -0.4 is 16.0 Å². The smallest absolute Gasteiger partial charge is 0.319 e. The van der Waals surface area contributed by atoms with Crippen molar-refractivity contribution in [3.05, 3.63) is 66.7 Å². The number of anilines is 2. The van der Waals surface area contributed by atoms with E-state index in [4.69, 9.17) is 0 Å². The molecule has 0 fully saturated rings. The van der Waals surface area contributed by atoms with Gasteiger partial charge in [-0.25, -0.2) is 13.2 Å². The van der Waals surface area contributed by atoms with E-state index in [2.05, 4.69) is 22.5 Å². The standard InChI is InChI=1S/C19H21N3O4S/c1-3-13-20-19(24)22-15-11-9-14(10-12-15)21-18(23)16-7-5-6-8-17(16)27(25,26)4-2/h3,5-12H,1,4,13H2,2H3,(H,21,23)(H2,20,22,24). The van der Waals surface area contributed by atoms with Crippen molar-refractivity contribution in [3.63, 3.8) is 0 Å². The predicted molar refractivity (Wildman–Crippen MR) is 106 cm³/mol. The number of sulfone groups is 1. The first-order valence-corrected chi connectivity index (χ1v) is 9.91. The fourth-order valence-electron chi connectivity index (χ4n) is 2.26. The first-order valence-electron chi connectivity index (χ1n) is 8.26. The van der Waals surface area contributed by atoms with Gasteiger partial charge in [-0.1, -0.05) is 25.1 Å². The Balaban J connectivity index is 2.11. The molecule has 142 valence electrons. The average Bonchev–Trinajstić information content (AvgIpc) is 2.67. The van der Waals surface area contributed by atoms with E-state index in [0.717, 1.165) is 0 Å². The van der Waals surface area contributed by atoms with Crippen molar-refractivity contribution in [2.45, 2.75) is 11.8 Å². The number of urea groups is 1. The van der Waals surface area contributed by atoms with Gasteiger partial charge in [-0.15, -0.1) is 6.58 Å². The third-order valence-electron chi connectivity index (χ3n) is 3.65. The molecule has 0 aliphatic rings. The maximum Gasteiger partial charge on any atom is 0.319 e. The van der Waals surface area contributed by atoms with Gasteiger partial charge in [-0.3, -0.25) is 4.79 Å². The van der Waals surface area contributed by atoms with Crippen LogP contribution in [0.4, 0.5) is 16.2 Å². The Bertz CT molecular complexity index is 938. The lowest BCUT2D eigenvalue weighted by Gasteiger charge is -2.11. The highest BCUT2D eigenvalue weighted by atomic mass is 32.2. The van der Waals surface area contributed by atoms with Gasteiger partial charge < -0.3 is 16.0 Å². The SMILES string of the molecule is C=CCNC(=O)Nc1ccc(NC(=O)c2ccccc2S(=O)(=O)CC)cc1. The Morgan fingerprint density at radius 1 is 1.00 bits per heavy atom. The summed E-state index contributed by atoms with van der Waals surface area (Å²) in [6, 6.07) is 12.2. The molecule has 3 amide bonds. The van der Waals surface area contributed by atoms with Crippen LogP contribution >= 0.6 is 0 Å². The minimum atomic E-state index is -3.52. The quantitative estimate of drug-likeness (QED) is 0.635. The summed E-state index contributed by atoms with van der Waals surface area (Å²) in [5.41, 5.74) is 1.11. The van der Waals surface area contributed by atoms with Gasteiger partial charge in [0.25, 0.3) is 5.91 Å². The van der Waals surface area contributed by atoms with Crippen LogP contribution in [0.25, 0.3) is 0 Å². The zero-order valence-corrected chi connectivity index (χ0v) is 15.7. The first kappa shape index (κ1) is 20.2. The number of rotatable bonds is 7. The molecular weight excluding hydrogens is 366 g/mol. The Kier molecular flexibility index (Phi) is 6.73. The monoisotopic (exact) mass is 387 g/mol. The minimum absolute atomic E-state index is 0.00202. The van der Waals surface area contributed by atoms with E-state index in [1.807, 2.05) is 0 Å². The fourth-order valence-corrected chi connectivity index (χ4v) is 3.35. The van der Waals surface area contributed by atoms with Crippen LogP contribution in [0.1, 0.15) is 17.3 Å². The first-order chi connectivity index (χ1) is 12.9. The van der Waals surface area contributed by atoms with E-state index in [9.17, 15) is 18.0 Å². The number of carbonyl (C=O) groups is 2. The lowest BCUT2D eigenvalue weighted by atomic mass is 10.2. The lowest BCUT2D eigenvalue weighted by Crippen LogP contribution is -2.28. The summed E-state index contributed by atoms with van der Waals surface area (Å²) in [7, 11) is -3.52. The second-order valence-electron chi connectivity index (χ2n) is 5.55. The van der Waals surface area contributed by atoms with Crippen molar-refractivity contribution in [1.82, 2.24) is 5.32 Å². The molecule has 0 bridgehead atoms.